The third-order valence-corrected chi connectivity index (χ3v) is 5.80. The van der Waals surface area contributed by atoms with Crippen molar-refractivity contribution in [2.45, 2.75) is 38.3 Å². The van der Waals surface area contributed by atoms with Crippen LogP contribution in [0.1, 0.15) is 37.8 Å². The molecule has 1 aromatic heterocycles. The maximum absolute atomic E-state index is 14.0. The van der Waals surface area contributed by atoms with Crippen LogP contribution in [0.4, 0.5) is 14.9 Å². The van der Waals surface area contributed by atoms with Gasteiger partial charge in [0.1, 0.15) is 11.6 Å². The second-order valence-electron chi connectivity index (χ2n) is 8.40. The molecule has 1 heterocycles. The molecule has 0 bridgehead atoms. The van der Waals surface area contributed by atoms with Crippen molar-refractivity contribution in [1.29, 1.82) is 0 Å². The van der Waals surface area contributed by atoms with Gasteiger partial charge in [-0.05, 0) is 54.5 Å². The molecule has 0 spiro atoms. The van der Waals surface area contributed by atoms with E-state index >= 15 is 0 Å². The Labute approximate surface area is 206 Å². The monoisotopic (exact) mass is 561 g/mol. The summed E-state index contributed by atoms with van der Waals surface area (Å²) in [4.78, 5) is 30.1. The number of hydrogen-bond acceptors (Lipinski definition) is 4. The first-order chi connectivity index (χ1) is 15.7. The topological polar surface area (TPSA) is 80.3 Å². The Hall–Kier alpha value is -3.01. The summed E-state index contributed by atoms with van der Waals surface area (Å²) in [5.41, 5.74) is 1.12. The normalized spacial score (nSPS) is 12.2. The van der Waals surface area contributed by atoms with Gasteiger partial charge in [-0.1, -0.05) is 60.7 Å². The Morgan fingerprint density at radius 3 is 2.03 bits per heavy atom. The molecule has 172 valence electrons. The van der Waals surface area contributed by atoms with Crippen molar-refractivity contribution < 1.29 is 18.7 Å². The third kappa shape index (κ3) is 6.74. The molecule has 0 fully saturated rings. The zero-order valence-corrected chi connectivity index (χ0v) is 20.7. The lowest BCUT2D eigenvalue weighted by Gasteiger charge is -2.29. The number of alkyl carbamates (subject to hydrolysis) is 1. The summed E-state index contributed by atoms with van der Waals surface area (Å²) < 4.78 is 19.7. The second-order valence-corrected chi connectivity index (χ2v) is 9.47. The van der Waals surface area contributed by atoms with Crippen LogP contribution in [-0.4, -0.2) is 28.6 Å². The minimum Gasteiger partial charge on any atom is -0.444 e. The molecular weight excluding hydrogens is 536 g/mol. The molecule has 0 radical (unpaired) electrons. The Morgan fingerprint density at radius 2 is 1.52 bits per heavy atom. The number of halogens is 2. The highest BCUT2D eigenvalue weighted by Gasteiger charge is 2.34. The fourth-order valence-corrected chi connectivity index (χ4v) is 3.76. The van der Waals surface area contributed by atoms with Crippen molar-refractivity contribution in [2.24, 2.45) is 0 Å². The van der Waals surface area contributed by atoms with Gasteiger partial charge in [0, 0.05) is 5.92 Å². The standard InChI is InChI=1S/C25H25FIN3O3/c1-25(2,3)33-24(32)30-22(23(31)29-19-15-28-14-18(26)21(19)27)20(16-10-6-4-7-11-16)17-12-8-5-9-13-17/h4-15,20,22H,1-3H3,(H,29,31)(H,30,32)/t22-/m0/s1. The SMILES string of the molecule is CC(C)(C)OC(=O)N[C@H](C(=O)Nc1cncc(F)c1I)C(c1ccccc1)c1ccccc1. The van der Waals surface area contributed by atoms with Crippen LogP contribution in [0.3, 0.4) is 0 Å². The third-order valence-electron chi connectivity index (χ3n) is 4.70. The summed E-state index contributed by atoms with van der Waals surface area (Å²) >= 11 is 1.80. The van der Waals surface area contributed by atoms with Gasteiger partial charge in [-0.15, -0.1) is 0 Å². The molecule has 0 unspecified atom stereocenters. The van der Waals surface area contributed by atoms with E-state index in [1.807, 2.05) is 60.7 Å². The number of benzene rings is 2. The highest BCUT2D eigenvalue weighted by Crippen LogP contribution is 2.30. The van der Waals surface area contributed by atoms with Crippen LogP contribution in [-0.2, 0) is 9.53 Å². The van der Waals surface area contributed by atoms with Crippen LogP contribution in [0.2, 0.25) is 0 Å². The number of rotatable bonds is 6. The molecule has 1 atom stereocenters. The van der Waals surface area contributed by atoms with Gasteiger partial charge in [0.15, 0.2) is 5.82 Å². The number of aromatic nitrogens is 1. The van der Waals surface area contributed by atoms with Crippen molar-refractivity contribution in [2.75, 3.05) is 5.32 Å². The molecule has 8 heteroatoms. The molecule has 3 rings (SSSR count). The van der Waals surface area contributed by atoms with Gasteiger partial charge >= 0.3 is 6.09 Å². The van der Waals surface area contributed by atoms with Crippen LogP contribution >= 0.6 is 22.6 Å². The van der Waals surface area contributed by atoms with Crippen molar-refractivity contribution in [3.63, 3.8) is 0 Å². The molecule has 33 heavy (non-hydrogen) atoms. The Kier molecular flexibility index (Phi) is 8.01. The Bertz CT molecular complexity index is 1070. The molecule has 2 aromatic carbocycles. The van der Waals surface area contributed by atoms with Crippen LogP contribution in [0.5, 0.6) is 0 Å². The minimum atomic E-state index is -1.05. The number of hydrogen-bond donors (Lipinski definition) is 2. The highest BCUT2D eigenvalue weighted by molar-refractivity contribution is 14.1. The number of nitrogens with zero attached hydrogens (tertiary/aromatic N) is 1. The van der Waals surface area contributed by atoms with E-state index < -0.39 is 35.4 Å². The van der Waals surface area contributed by atoms with E-state index in [2.05, 4.69) is 15.6 Å². The minimum absolute atomic E-state index is 0.219. The summed E-state index contributed by atoms with van der Waals surface area (Å²) in [6, 6.07) is 17.7. The fraction of sp³-hybridized carbons (Fsp3) is 0.240. The van der Waals surface area contributed by atoms with E-state index in [4.69, 9.17) is 4.74 Å². The van der Waals surface area contributed by atoms with E-state index in [0.29, 0.717) is 0 Å². The first-order valence-corrected chi connectivity index (χ1v) is 11.4. The van der Waals surface area contributed by atoms with Crippen molar-refractivity contribution >= 4 is 40.3 Å². The lowest BCUT2D eigenvalue weighted by atomic mass is 9.84. The summed E-state index contributed by atoms with van der Waals surface area (Å²) in [5, 5.41) is 5.46. The average Bonchev–Trinajstić information content (AvgIpc) is 2.76. The van der Waals surface area contributed by atoms with E-state index in [9.17, 15) is 14.0 Å². The molecule has 6 nitrogen and oxygen atoms in total. The highest BCUT2D eigenvalue weighted by atomic mass is 127. The van der Waals surface area contributed by atoms with E-state index in [1.54, 1.807) is 43.4 Å². The lowest BCUT2D eigenvalue weighted by molar-refractivity contribution is -0.118. The number of pyridine rings is 1. The van der Waals surface area contributed by atoms with Gasteiger partial charge in [-0.3, -0.25) is 9.78 Å². The maximum Gasteiger partial charge on any atom is 0.408 e. The van der Waals surface area contributed by atoms with Crippen molar-refractivity contribution in [3.05, 3.63) is 93.6 Å². The predicted molar refractivity (Wildman–Crippen MR) is 133 cm³/mol. The quantitative estimate of drug-likeness (QED) is 0.391. The first-order valence-electron chi connectivity index (χ1n) is 10.3. The number of carbonyl (C=O) groups is 2. The molecule has 0 saturated carbocycles. The van der Waals surface area contributed by atoms with E-state index in [-0.39, 0.29) is 9.26 Å². The first kappa shape index (κ1) is 24.6. The van der Waals surface area contributed by atoms with E-state index in [0.717, 1.165) is 17.3 Å². The van der Waals surface area contributed by atoms with Gasteiger partial charge in [-0.25, -0.2) is 9.18 Å². The number of carbonyl (C=O) groups excluding carboxylic acids is 2. The summed E-state index contributed by atoms with van der Waals surface area (Å²) in [5.74, 6) is -1.60. The largest absolute Gasteiger partial charge is 0.444 e. The summed E-state index contributed by atoms with van der Waals surface area (Å²) in [7, 11) is 0. The molecule has 2 amide bonds. The average molecular weight is 561 g/mol. The lowest BCUT2D eigenvalue weighted by Crippen LogP contribution is -2.49. The number of ether oxygens (including phenoxy) is 1. The number of amides is 2. The van der Waals surface area contributed by atoms with Crippen LogP contribution in [0.15, 0.2) is 73.1 Å². The van der Waals surface area contributed by atoms with Crippen molar-refractivity contribution in [3.8, 4) is 0 Å². The number of anilines is 1. The zero-order valence-electron chi connectivity index (χ0n) is 18.5. The van der Waals surface area contributed by atoms with Crippen LogP contribution < -0.4 is 10.6 Å². The Balaban J connectivity index is 2.04. The second kappa shape index (κ2) is 10.7. The van der Waals surface area contributed by atoms with E-state index in [1.165, 1.54) is 6.20 Å². The zero-order chi connectivity index (χ0) is 24.0. The molecule has 0 saturated heterocycles. The summed E-state index contributed by atoms with van der Waals surface area (Å²) in [6.45, 7) is 5.23. The van der Waals surface area contributed by atoms with Gasteiger partial charge in [0.25, 0.3) is 0 Å². The van der Waals surface area contributed by atoms with Crippen molar-refractivity contribution in [1.82, 2.24) is 10.3 Å². The molecule has 0 aliphatic carbocycles. The Morgan fingerprint density at radius 1 is 0.970 bits per heavy atom. The molecule has 2 N–H and O–H groups in total. The van der Waals surface area contributed by atoms with Crippen LogP contribution in [0.25, 0.3) is 0 Å². The van der Waals surface area contributed by atoms with Gasteiger partial charge in [-0.2, -0.15) is 0 Å². The summed E-state index contributed by atoms with van der Waals surface area (Å²) in [6.07, 6.45) is 1.71. The molecule has 0 aliphatic rings. The molecule has 3 aromatic rings. The van der Waals surface area contributed by atoms with Gasteiger partial charge in [0.2, 0.25) is 5.91 Å². The molecule has 0 aliphatic heterocycles. The smallest absolute Gasteiger partial charge is 0.408 e. The van der Waals surface area contributed by atoms with Crippen LogP contribution in [0, 0.1) is 9.39 Å². The maximum atomic E-state index is 14.0. The fourth-order valence-electron chi connectivity index (χ4n) is 3.35. The van der Waals surface area contributed by atoms with Gasteiger partial charge < -0.3 is 15.4 Å². The number of nitrogens with one attached hydrogen (secondary N) is 2. The molecular formula is C25H25FIN3O3. The van der Waals surface area contributed by atoms with Gasteiger partial charge in [0.05, 0.1) is 21.7 Å². The predicted octanol–water partition coefficient (Wildman–Crippen LogP) is 5.49.